The van der Waals surface area contributed by atoms with Crippen LogP contribution in [-0.2, 0) is 0 Å². The number of methoxy groups -OCH3 is 2. The molecule has 3 rings (SSSR count). The van der Waals surface area contributed by atoms with Gasteiger partial charge in [0.25, 0.3) is 5.91 Å². The van der Waals surface area contributed by atoms with Crippen LogP contribution in [0.4, 0.5) is 11.5 Å². The monoisotopic (exact) mass is 401 g/mol. The van der Waals surface area contributed by atoms with Gasteiger partial charge in [-0.2, -0.15) is 0 Å². The van der Waals surface area contributed by atoms with Crippen molar-refractivity contribution in [1.82, 2.24) is 4.57 Å². The molecular weight excluding hydrogens is 382 g/mol. The number of nitrogens with two attached hydrogens (primary N) is 1. The molecule has 0 saturated heterocycles. The Kier molecular flexibility index (Phi) is 5.48. The molecule has 0 spiro atoms. The van der Waals surface area contributed by atoms with Gasteiger partial charge in [0.05, 0.1) is 19.9 Å². The Labute approximate surface area is 166 Å². The smallest absolute Gasteiger partial charge is 0.269 e. The van der Waals surface area contributed by atoms with E-state index in [0.717, 1.165) is 22.6 Å². The molecule has 0 aliphatic carbocycles. The maximum absolute atomic E-state index is 12.8. The summed E-state index contributed by atoms with van der Waals surface area (Å²) in [6.07, 6.45) is 0. The highest BCUT2D eigenvalue weighted by atomic mass is 32.1. The van der Waals surface area contributed by atoms with Gasteiger partial charge in [0.2, 0.25) is 0 Å². The molecule has 0 atom stereocenters. The van der Waals surface area contributed by atoms with Crippen LogP contribution in [0.25, 0.3) is 5.69 Å². The lowest BCUT2D eigenvalue weighted by atomic mass is 10.2. The van der Waals surface area contributed by atoms with Crippen LogP contribution in [0, 0.1) is 10.9 Å². The molecule has 1 aromatic heterocycles. The van der Waals surface area contributed by atoms with E-state index in [0.29, 0.717) is 26.0 Å². The van der Waals surface area contributed by atoms with Crippen molar-refractivity contribution >= 4 is 41.0 Å². The Balaban J connectivity index is 2.05. The summed E-state index contributed by atoms with van der Waals surface area (Å²) in [5.41, 5.74) is 8.60. The summed E-state index contributed by atoms with van der Waals surface area (Å²) in [5, 5.41) is 2.89. The first-order chi connectivity index (χ1) is 13.0. The van der Waals surface area contributed by atoms with E-state index in [1.165, 1.54) is 0 Å². The van der Waals surface area contributed by atoms with Crippen LogP contribution in [0.5, 0.6) is 11.5 Å². The minimum absolute atomic E-state index is 0.252. The standard InChI is InChI=1S/C19H19N3O3S2/c1-11-6-4-5-7-13(11)21-18(23)16-17(20)22(19(26)27-16)14-10-12(24-2)8-9-15(14)25-3/h4-10H,20H2,1-3H3,(H,21,23). The van der Waals surface area contributed by atoms with Crippen LogP contribution in [0.2, 0.25) is 0 Å². The minimum Gasteiger partial charge on any atom is -0.497 e. The van der Waals surface area contributed by atoms with E-state index >= 15 is 0 Å². The highest BCUT2D eigenvalue weighted by molar-refractivity contribution is 7.73. The van der Waals surface area contributed by atoms with Gasteiger partial charge < -0.3 is 20.5 Å². The molecule has 0 bridgehead atoms. The van der Waals surface area contributed by atoms with Crippen molar-refractivity contribution < 1.29 is 14.3 Å². The van der Waals surface area contributed by atoms with Crippen molar-refractivity contribution in [2.75, 3.05) is 25.3 Å². The van der Waals surface area contributed by atoms with Gasteiger partial charge in [-0.3, -0.25) is 9.36 Å². The number of aromatic nitrogens is 1. The van der Waals surface area contributed by atoms with Crippen molar-refractivity contribution in [3.63, 3.8) is 0 Å². The van der Waals surface area contributed by atoms with E-state index in [-0.39, 0.29) is 11.7 Å². The van der Waals surface area contributed by atoms with Gasteiger partial charge in [0.1, 0.15) is 22.2 Å². The summed E-state index contributed by atoms with van der Waals surface area (Å²) >= 11 is 6.61. The number of aryl methyl sites for hydroxylation is 1. The number of rotatable bonds is 5. The van der Waals surface area contributed by atoms with Crippen LogP contribution in [0.15, 0.2) is 42.5 Å². The van der Waals surface area contributed by atoms with Crippen molar-refractivity contribution in [1.29, 1.82) is 0 Å². The number of nitrogens with zero attached hydrogens (tertiary/aromatic N) is 1. The Bertz CT molecular complexity index is 1060. The maximum atomic E-state index is 12.8. The first kappa shape index (κ1) is 18.9. The number of amides is 1. The zero-order chi connectivity index (χ0) is 19.6. The van der Waals surface area contributed by atoms with Crippen LogP contribution in [0.1, 0.15) is 15.2 Å². The number of anilines is 2. The van der Waals surface area contributed by atoms with Gasteiger partial charge in [0.15, 0.2) is 3.95 Å². The Hall–Kier alpha value is -2.84. The van der Waals surface area contributed by atoms with Crippen LogP contribution in [-0.4, -0.2) is 24.7 Å². The SMILES string of the molecule is COc1ccc(OC)c(-n2c(N)c(C(=O)Nc3ccccc3C)sc2=S)c1. The third-order valence-electron chi connectivity index (χ3n) is 4.07. The summed E-state index contributed by atoms with van der Waals surface area (Å²) in [7, 11) is 3.13. The van der Waals surface area contributed by atoms with Gasteiger partial charge in [0, 0.05) is 11.8 Å². The Morgan fingerprint density at radius 1 is 1.19 bits per heavy atom. The van der Waals surface area contributed by atoms with E-state index in [4.69, 9.17) is 27.4 Å². The molecule has 3 aromatic rings. The largest absolute Gasteiger partial charge is 0.497 e. The lowest BCUT2D eigenvalue weighted by Crippen LogP contribution is -2.14. The number of nitrogens with one attached hydrogen (secondary N) is 1. The summed E-state index contributed by atoms with van der Waals surface area (Å²) in [6, 6.07) is 12.8. The van der Waals surface area contributed by atoms with E-state index in [9.17, 15) is 4.79 Å². The number of ether oxygens (including phenoxy) is 2. The van der Waals surface area contributed by atoms with Crippen molar-refractivity contribution in [3.05, 3.63) is 56.9 Å². The quantitative estimate of drug-likeness (QED) is 0.619. The maximum Gasteiger partial charge on any atom is 0.269 e. The van der Waals surface area contributed by atoms with Crippen molar-refractivity contribution in [3.8, 4) is 17.2 Å². The number of carbonyl (C=O) groups excluding carboxylic acids is 1. The summed E-state index contributed by atoms with van der Waals surface area (Å²) < 4.78 is 12.8. The first-order valence-corrected chi connectivity index (χ1v) is 9.29. The van der Waals surface area contributed by atoms with Gasteiger partial charge in [-0.15, -0.1) is 0 Å². The molecule has 140 valence electrons. The molecule has 1 amide bonds. The number of thiazole rings is 1. The zero-order valence-corrected chi connectivity index (χ0v) is 16.7. The van der Waals surface area contributed by atoms with Crippen LogP contribution >= 0.6 is 23.6 Å². The molecule has 0 radical (unpaired) electrons. The molecule has 3 N–H and O–H groups in total. The number of benzene rings is 2. The highest BCUT2D eigenvalue weighted by Gasteiger charge is 2.21. The lowest BCUT2D eigenvalue weighted by molar-refractivity contribution is 0.103. The van der Waals surface area contributed by atoms with E-state index in [1.807, 2.05) is 31.2 Å². The highest BCUT2D eigenvalue weighted by Crippen LogP contribution is 2.34. The first-order valence-electron chi connectivity index (χ1n) is 8.07. The molecular formula is C19H19N3O3S2. The molecule has 0 aliphatic rings. The second-order valence-electron chi connectivity index (χ2n) is 5.72. The average Bonchev–Trinajstić information content (AvgIpc) is 2.97. The molecule has 27 heavy (non-hydrogen) atoms. The van der Waals surface area contributed by atoms with E-state index in [1.54, 1.807) is 37.0 Å². The third-order valence-corrected chi connectivity index (χ3v) is 5.46. The number of hydrogen-bond acceptors (Lipinski definition) is 6. The summed E-state index contributed by atoms with van der Waals surface area (Å²) in [6.45, 7) is 1.92. The van der Waals surface area contributed by atoms with Gasteiger partial charge in [-0.05, 0) is 42.9 Å². The van der Waals surface area contributed by atoms with Gasteiger partial charge in [-0.1, -0.05) is 29.5 Å². The molecule has 6 nitrogen and oxygen atoms in total. The van der Waals surface area contributed by atoms with Crippen molar-refractivity contribution in [2.24, 2.45) is 0 Å². The van der Waals surface area contributed by atoms with Crippen molar-refractivity contribution in [2.45, 2.75) is 6.92 Å². The number of hydrogen-bond donors (Lipinski definition) is 2. The van der Waals surface area contributed by atoms with Crippen LogP contribution < -0.4 is 20.5 Å². The van der Waals surface area contributed by atoms with Gasteiger partial charge >= 0.3 is 0 Å². The average molecular weight is 402 g/mol. The summed E-state index contributed by atoms with van der Waals surface area (Å²) in [5.74, 6) is 1.15. The molecule has 2 aromatic carbocycles. The minimum atomic E-state index is -0.307. The van der Waals surface area contributed by atoms with E-state index in [2.05, 4.69) is 5.32 Å². The zero-order valence-electron chi connectivity index (χ0n) is 15.1. The second-order valence-corrected chi connectivity index (χ2v) is 7.37. The predicted octanol–water partition coefficient (Wildman–Crippen LogP) is 4.43. The normalized spacial score (nSPS) is 10.5. The Morgan fingerprint density at radius 2 is 1.93 bits per heavy atom. The lowest BCUT2D eigenvalue weighted by Gasteiger charge is -2.13. The fourth-order valence-electron chi connectivity index (χ4n) is 2.64. The topological polar surface area (TPSA) is 78.5 Å². The predicted molar refractivity (Wildman–Crippen MR) is 111 cm³/mol. The molecule has 0 unspecified atom stereocenters. The fourth-order valence-corrected chi connectivity index (χ4v) is 3.89. The second kappa shape index (κ2) is 7.81. The van der Waals surface area contributed by atoms with Crippen LogP contribution in [0.3, 0.4) is 0 Å². The fraction of sp³-hybridized carbons (Fsp3) is 0.158. The molecule has 8 heteroatoms. The van der Waals surface area contributed by atoms with Gasteiger partial charge in [-0.25, -0.2) is 0 Å². The van der Waals surface area contributed by atoms with E-state index < -0.39 is 0 Å². The summed E-state index contributed by atoms with van der Waals surface area (Å²) in [4.78, 5) is 13.1. The molecule has 0 saturated carbocycles. The Morgan fingerprint density at radius 3 is 2.59 bits per heavy atom. The molecule has 0 aliphatic heterocycles. The number of carbonyl (C=O) groups is 1. The number of nitrogen functional groups attached to an aromatic ring is 1. The molecule has 1 heterocycles. The molecule has 0 fully saturated rings. The third kappa shape index (κ3) is 3.67. The number of para-hydroxylation sites is 1.